The lowest BCUT2D eigenvalue weighted by molar-refractivity contribution is -0.140. The average molecular weight is 529 g/mol. The predicted molar refractivity (Wildman–Crippen MR) is 146 cm³/mol. The number of ether oxygens (including phenoxy) is 2. The number of carbonyl (C=O) groups excluding carboxylic acids is 2. The molecule has 1 amide bonds. The van der Waals surface area contributed by atoms with Gasteiger partial charge in [-0.15, -0.1) is 0 Å². The van der Waals surface area contributed by atoms with Crippen LogP contribution in [0, 0.1) is 0 Å². The van der Waals surface area contributed by atoms with Gasteiger partial charge in [0.2, 0.25) is 0 Å². The molecule has 2 aromatic carbocycles. The normalized spacial score (nSPS) is 17.0. The number of hydrogen-bond donors (Lipinski definition) is 1. The van der Waals surface area contributed by atoms with Crippen LogP contribution in [0.25, 0.3) is 5.76 Å². The fourth-order valence-electron chi connectivity index (χ4n) is 4.52. The molecule has 0 saturated carbocycles. The molecule has 3 rings (SSSR count). The minimum Gasteiger partial charge on any atom is -0.507 e. The molecular formula is C29H37ClN2O5. The van der Waals surface area contributed by atoms with Crippen molar-refractivity contribution in [2.75, 3.05) is 39.4 Å². The van der Waals surface area contributed by atoms with Crippen LogP contribution in [0.5, 0.6) is 11.5 Å². The van der Waals surface area contributed by atoms with Crippen LogP contribution in [-0.4, -0.2) is 66.0 Å². The van der Waals surface area contributed by atoms with Gasteiger partial charge < -0.3 is 24.4 Å². The van der Waals surface area contributed by atoms with E-state index in [4.69, 9.17) is 21.1 Å². The number of aliphatic hydroxyl groups excluding tert-OH is 1. The quantitative estimate of drug-likeness (QED) is 0.205. The number of rotatable bonds is 13. The Kier molecular flexibility index (Phi) is 10.4. The molecule has 1 aliphatic rings. The lowest BCUT2D eigenvalue weighted by atomic mass is 9.95. The standard InChI is InChI=1S/C29H37ClN2O5/c1-5-18-37-23-15-12-21(19-24(23)36-8-4)26-25(27(33)20-10-13-22(30)14-11-20)28(34)29(35)32(26)17-9-16-31(6-2)7-3/h10-15,19,26,33H,5-9,16-18H2,1-4H3. The maximum absolute atomic E-state index is 13.3. The van der Waals surface area contributed by atoms with E-state index in [0.29, 0.717) is 53.8 Å². The summed E-state index contributed by atoms with van der Waals surface area (Å²) in [6.07, 6.45) is 1.54. The molecule has 1 aliphatic heterocycles. The van der Waals surface area contributed by atoms with E-state index in [1.54, 1.807) is 41.3 Å². The first kappa shape index (κ1) is 28.5. The largest absolute Gasteiger partial charge is 0.507 e. The molecule has 0 aliphatic carbocycles. The van der Waals surface area contributed by atoms with Crippen molar-refractivity contribution in [3.63, 3.8) is 0 Å². The number of halogens is 1. The van der Waals surface area contributed by atoms with Gasteiger partial charge in [0, 0.05) is 17.1 Å². The first-order valence-corrected chi connectivity index (χ1v) is 13.4. The Labute approximate surface area is 224 Å². The van der Waals surface area contributed by atoms with Crippen LogP contribution in [0.3, 0.4) is 0 Å². The van der Waals surface area contributed by atoms with Crippen molar-refractivity contribution in [2.24, 2.45) is 0 Å². The highest BCUT2D eigenvalue weighted by Gasteiger charge is 2.46. The number of carbonyl (C=O) groups is 2. The van der Waals surface area contributed by atoms with Gasteiger partial charge in [0.25, 0.3) is 11.7 Å². The summed E-state index contributed by atoms with van der Waals surface area (Å²) in [5.74, 6) is -0.415. The van der Waals surface area contributed by atoms with Crippen LogP contribution in [-0.2, 0) is 9.59 Å². The van der Waals surface area contributed by atoms with Gasteiger partial charge in [0.15, 0.2) is 11.5 Å². The SMILES string of the molecule is CCCOc1ccc(C2C(=C(O)c3ccc(Cl)cc3)C(=O)C(=O)N2CCCN(CC)CC)cc1OCC. The molecule has 0 spiro atoms. The molecule has 37 heavy (non-hydrogen) atoms. The predicted octanol–water partition coefficient (Wildman–Crippen LogP) is 5.68. The summed E-state index contributed by atoms with van der Waals surface area (Å²) >= 11 is 6.02. The van der Waals surface area contributed by atoms with E-state index >= 15 is 0 Å². The maximum atomic E-state index is 13.3. The van der Waals surface area contributed by atoms with Gasteiger partial charge in [-0.1, -0.05) is 38.4 Å². The molecule has 7 nitrogen and oxygen atoms in total. The molecule has 200 valence electrons. The molecule has 1 saturated heterocycles. The number of nitrogens with zero attached hydrogens (tertiary/aromatic N) is 2. The highest BCUT2D eigenvalue weighted by Crippen LogP contribution is 2.42. The molecule has 0 bridgehead atoms. The van der Waals surface area contributed by atoms with Crippen LogP contribution in [0.1, 0.15) is 57.7 Å². The number of likely N-dealkylation sites (tertiary alicyclic amines) is 1. The van der Waals surface area contributed by atoms with Crippen molar-refractivity contribution >= 4 is 29.1 Å². The molecule has 8 heteroatoms. The zero-order valence-electron chi connectivity index (χ0n) is 22.1. The third-order valence-electron chi connectivity index (χ3n) is 6.47. The van der Waals surface area contributed by atoms with E-state index in [1.807, 2.05) is 19.9 Å². The lowest BCUT2D eigenvalue weighted by Crippen LogP contribution is -2.33. The third kappa shape index (κ3) is 6.65. The van der Waals surface area contributed by atoms with Crippen LogP contribution in [0.4, 0.5) is 0 Å². The minimum atomic E-state index is -0.758. The number of ketones is 1. The topological polar surface area (TPSA) is 79.3 Å². The van der Waals surface area contributed by atoms with Crippen molar-refractivity contribution in [1.82, 2.24) is 9.80 Å². The number of amides is 1. The van der Waals surface area contributed by atoms with E-state index in [-0.39, 0.29) is 11.3 Å². The van der Waals surface area contributed by atoms with Crippen molar-refractivity contribution in [2.45, 2.75) is 46.6 Å². The monoisotopic (exact) mass is 528 g/mol. The number of hydrogen-bond acceptors (Lipinski definition) is 6. The Balaban J connectivity index is 2.08. The van der Waals surface area contributed by atoms with Gasteiger partial charge >= 0.3 is 0 Å². The summed E-state index contributed by atoms with van der Waals surface area (Å²) in [6, 6.07) is 11.2. The first-order chi connectivity index (χ1) is 17.9. The van der Waals surface area contributed by atoms with Crippen molar-refractivity contribution in [3.8, 4) is 11.5 Å². The molecule has 0 aromatic heterocycles. The molecule has 1 N–H and O–H groups in total. The summed E-state index contributed by atoms with van der Waals surface area (Å²) in [4.78, 5) is 30.4. The lowest BCUT2D eigenvalue weighted by Gasteiger charge is -2.27. The smallest absolute Gasteiger partial charge is 0.295 e. The van der Waals surface area contributed by atoms with Crippen LogP contribution >= 0.6 is 11.6 Å². The maximum Gasteiger partial charge on any atom is 0.295 e. The summed E-state index contributed by atoms with van der Waals surface area (Å²) < 4.78 is 11.7. The van der Waals surface area contributed by atoms with Gasteiger partial charge in [0.1, 0.15) is 5.76 Å². The Morgan fingerprint density at radius 3 is 2.32 bits per heavy atom. The molecule has 2 aromatic rings. The van der Waals surface area contributed by atoms with E-state index in [1.165, 1.54) is 0 Å². The van der Waals surface area contributed by atoms with Crippen LogP contribution in [0.2, 0.25) is 5.02 Å². The summed E-state index contributed by atoms with van der Waals surface area (Å²) in [7, 11) is 0. The number of benzene rings is 2. The van der Waals surface area contributed by atoms with Crippen molar-refractivity contribution < 1.29 is 24.2 Å². The van der Waals surface area contributed by atoms with Gasteiger partial charge in [-0.05, 0) is 81.4 Å². The Morgan fingerprint density at radius 2 is 1.70 bits per heavy atom. The Bertz CT molecular complexity index is 1110. The number of aliphatic hydroxyl groups is 1. The zero-order chi connectivity index (χ0) is 26.9. The number of Topliss-reactive ketones (excluding diaryl/α,β-unsaturated/α-hetero) is 1. The van der Waals surface area contributed by atoms with Crippen molar-refractivity contribution in [1.29, 1.82) is 0 Å². The average Bonchev–Trinajstić information content (AvgIpc) is 3.15. The third-order valence-corrected chi connectivity index (χ3v) is 6.72. The highest BCUT2D eigenvalue weighted by molar-refractivity contribution is 6.46. The molecule has 1 atom stereocenters. The zero-order valence-corrected chi connectivity index (χ0v) is 22.9. The molecule has 1 fully saturated rings. The summed E-state index contributed by atoms with van der Waals surface area (Å²) in [6.45, 7) is 12.1. The molecule has 1 unspecified atom stereocenters. The fourth-order valence-corrected chi connectivity index (χ4v) is 4.65. The van der Waals surface area contributed by atoms with Crippen molar-refractivity contribution in [3.05, 3.63) is 64.2 Å². The van der Waals surface area contributed by atoms with E-state index in [0.717, 1.165) is 26.1 Å². The summed E-state index contributed by atoms with van der Waals surface area (Å²) in [5, 5.41) is 11.8. The van der Waals surface area contributed by atoms with Gasteiger partial charge in [-0.3, -0.25) is 9.59 Å². The Hall–Kier alpha value is -3.03. The van der Waals surface area contributed by atoms with Gasteiger partial charge in [-0.2, -0.15) is 0 Å². The van der Waals surface area contributed by atoms with E-state index in [9.17, 15) is 14.7 Å². The second kappa shape index (κ2) is 13.5. The Morgan fingerprint density at radius 1 is 1.00 bits per heavy atom. The second-order valence-electron chi connectivity index (χ2n) is 8.87. The molecule has 1 heterocycles. The van der Waals surface area contributed by atoms with E-state index in [2.05, 4.69) is 18.7 Å². The molecule has 0 radical (unpaired) electrons. The molecular weight excluding hydrogens is 492 g/mol. The van der Waals surface area contributed by atoms with Crippen LogP contribution in [0.15, 0.2) is 48.0 Å². The minimum absolute atomic E-state index is 0.0554. The van der Waals surface area contributed by atoms with E-state index < -0.39 is 17.7 Å². The van der Waals surface area contributed by atoms with Crippen LogP contribution < -0.4 is 9.47 Å². The highest BCUT2D eigenvalue weighted by atomic mass is 35.5. The fraction of sp³-hybridized carbons (Fsp3) is 0.448. The van der Waals surface area contributed by atoms with Gasteiger partial charge in [-0.25, -0.2) is 0 Å². The first-order valence-electron chi connectivity index (χ1n) is 13.0. The summed E-state index contributed by atoms with van der Waals surface area (Å²) in [5.41, 5.74) is 1.15. The second-order valence-corrected chi connectivity index (χ2v) is 9.30. The van der Waals surface area contributed by atoms with Gasteiger partial charge in [0.05, 0.1) is 24.8 Å².